The van der Waals surface area contributed by atoms with E-state index in [0.717, 1.165) is 53.8 Å². The van der Waals surface area contributed by atoms with Crippen LogP contribution in [0.4, 0.5) is 0 Å². The fraction of sp³-hybridized carbons (Fsp3) is 0. The Balaban J connectivity index is 1.17. The molecule has 0 amide bonds. The molecule has 0 unspecified atom stereocenters. The third-order valence-corrected chi connectivity index (χ3v) is 17.6. The molecule has 0 bridgehead atoms. The third kappa shape index (κ3) is 5.33. The SMILES string of the molecule is [2H]c1c([2H])c(-n2c3ccc(-n4c5ccccc5c5ccccc54)cc3c3cc(-n4c5ccccc5c5c([2H])c([2H])c([2H])c([2H])c54)ccc32)c([2H])c([Si](c2ccccc2)(c2ccccc2)c2ccccc2)c1[2H]. The van der Waals surface area contributed by atoms with Crippen LogP contribution in [0, 0.1) is 0 Å². The molecule has 13 rings (SSSR count). The van der Waals surface area contributed by atoms with Crippen molar-refractivity contribution in [3.05, 3.63) is 249 Å². The maximum atomic E-state index is 10.6. The number of aromatic nitrogens is 3. The van der Waals surface area contributed by atoms with Crippen molar-refractivity contribution in [2.45, 2.75) is 0 Å². The van der Waals surface area contributed by atoms with Gasteiger partial charge in [-0.25, -0.2) is 0 Å². The molecule has 13 aromatic rings. The normalized spacial score (nSPS) is 13.8. The van der Waals surface area contributed by atoms with E-state index in [0.29, 0.717) is 43.7 Å². The third-order valence-electron chi connectivity index (χ3n) is 13.0. The summed E-state index contributed by atoms with van der Waals surface area (Å²) in [6.45, 7) is 0. The highest BCUT2D eigenvalue weighted by molar-refractivity contribution is 7.19. The lowest BCUT2D eigenvalue weighted by Gasteiger charge is -2.34. The Morgan fingerprint density at radius 3 is 1.20 bits per heavy atom. The molecule has 3 aromatic heterocycles. The van der Waals surface area contributed by atoms with Gasteiger partial charge in [0.1, 0.15) is 0 Å². The monoisotopic (exact) mass is 839 g/mol. The number of rotatable bonds is 7. The van der Waals surface area contributed by atoms with Crippen LogP contribution in [0.2, 0.25) is 0 Å². The van der Waals surface area contributed by atoms with Crippen LogP contribution in [-0.4, -0.2) is 21.8 Å². The Morgan fingerprint density at radius 2 is 0.688 bits per heavy atom. The minimum Gasteiger partial charge on any atom is -0.309 e. The summed E-state index contributed by atoms with van der Waals surface area (Å²) in [6.07, 6.45) is 0. The maximum Gasteiger partial charge on any atom is 0.179 e. The fourth-order valence-electron chi connectivity index (χ4n) is 10.3. The van der Waals surface area contributed by atoms with Crippen LogP contribution in [0.3, 0.4) is 0 Å². The van der Waals surface area contributed by atoms with Crippen LogP contribution in [0.5, 0.6) is 0 Å². The first-order valence-corrected chi connectivity index (χ1v) is 23.5. The molecule has 3 nitrogen and oxygen atoms in total. The maximum absolute atomic E-state index is 10.6. The topological polar surface area (TPSA) is 14.8 Å². The van der Waals surface area contributed by atoms with Crippen LogP contribution in [0.25, 0.3) is 82.5 Å². The zero-order valence-corrected chi connectivity index (χ0v) is 35.4. The molecule has 0 aliphatic heterocycles. The lowest BCUT2D eigenvalue weighted by atomic mass is 10.1. The molecule has 0 atom stereocenters. The first kappa shape index (κ1) is 29.2. The van der Waals surface area contributed by atoms with E-state index < -0.39 is 8.07 Å². The minimum absolute atomic E-state index is 0.00280. The fourth-order valence-corrected chi connectivity index (χ4v) is 14.8. The van der Waals surface area contributed by atoms with E-state index in [1.807, 2.05) is 137 Å². The summed E-state index contributed by atoms with van der Waals surface area (Å²) in [5.41, 5.74) is 6.22. The van der Waals surface area contributed by atoms with E-state index in [9.17, 15) is 6.85 Å². The van der Waals surface area contributed by atoms with Gasteiger partial charge in [-0.05, 0) is 93.5 Å². The van der Waals surface area contributed by atoms with Gasteiger partial charge in [0, 0.05) is 49.4 Å². The van der Waals surface area contributed by atoms with Crippen molar-refractivity contribution < 1.29 is 11.0 Å². The molecule has 3 heterocycles. The molecule has 0 radical (unpaired) electrons. The molecule has 4 heteroatoms. The summed E-state index contributed by atoms with van der Waals surface area (Å²) in [5, 5.41) is 8.15. The van der Waals surface area contributed by atoms with E-state index in [4.69, 9.17) is 4.11 Å². The van der Waals surface area contributed by atoms with Crippen LogP contribution in [-0.2, 0) is 0 Å². The molecular formula is C60H41N3Si. The van der Waals surface area contributed by atoms with E-state index in [-0.39, 0.29) is 54.0 Å². The van der Waals surface area contributed by atoms with Gasteiger partial charge in [-0.3, -0.25) is 0 Å². The summed E-state index contributed by atoms with van der Waals surface area (Å²) in [6, 6.07) is 65.0. The first-order chi connectivity index (χ1) is 35.1. The van der Waals surface area contributed by atoms with Crippen molar-refractivity contribution in [3.8, 4) is 17.1 Å². The second kappa shape index (κ2) is 14.5. The van der Waals surface area contributed by atoms with Gasteiger partial charge in [0.25, 0.3) is 0 Å². The summed E-state index contributed by atoms with van der Waals surface area (Å²) >= 11 is 0. The summed E-state index contributed by atoms with van der Waals surface area (Å²) in [5.74, 6) is 0. The van der Waals surface area contributed by atoms with Gasteiger partial charge in [0.2, 0.25) is 0 Å². The average molecular weight is 840 g/mol. The van der Waals surface area contributed by atoms with Gasteiger partial charge in [-0.15, -0.1) is 0 Å². The molecule has 0 N–H and O–H groups in total. The van der Waals surface area contributed by atoms with Crippen molar-refractivity contribution in [2.75, 3.05) is 0 Å². The predicted octanol–water partition coefficient (Wildman–Crippen LogP) is 12.4. The molecule has 0 saturated heterocycles. The summed E-state index contributed by atoms with van der Waals surface area (Å²) < 4.78 is 81.9. The Bertz CT molecular complexity index is 4230. The second-order valence-corrected chi connectivity index (χ2v) is 20.0. The smallest absolute Gasteiger partial charge is 0.179 e. The molecule has 64 heavy (non-hydrogen) atoms. The number of benzene rings is 10. The van der Waals surface area contributed by atoms with E-state index >= 15 is 0 Å². The quantitative estimate of drug-likeness (QED) is 0.112. The van der Waals surface area contributed by atoms with E-state index in [1.165, 1.54) is 0 Å². The predicted molar refractivity (Wildman–Crippen MR) is 273 cm³/mol. The van der Waals surface area contributed by atoms with Crippen molar-refractivity contribution >= 4 is 94.2 Å². The van der Waals surface area contributed by atoms with E-state index in [1.54, 1.807) is 0 Å². The van der Waals surface area contributed by atoms with Crippen molar-refractivity contribution in [1.29, 1.82) is 0 Å². The first-order valence-electron chi connectivity index (χ1n) is 25.5. The van der Waals surface area contributed by atoms with Gasteiger partial charge >= 0.3 is 0 Å². The number of nitrogens with zero attached hydrogens (tertiary/aromatic N) is 3. The highest BCUT2D eigenvalue weighted by Gasteiger charge is 2.41. The van der Waals surface area contributed by atoms with Crippen LogP contribution < -0.4 is 20.7 Å². The molecular weight excluding hydrogens is 791 g/mol. The van der Waals surface area contributed by atoms with Crippen LogP contribution in [0.15, 0.2) is 249 Å². The second-order valence-electron chi connectivity index (χ2n) is 16.3. The van der Waals surface area contributed by atoms with Gasteiger partial charge in [0.15, 0.2) is 8.07 Å². The highest BCUT2D eigenvalue weighted by Crippen LogP contribution is 2.39. The number of para-hydroxylation sites is 4. The minimum atomic E-state index is -3.60. The van der Waals surface area contributed by atoms with Gasteiger partial charge in [-0.2, -0.15) is 0 Å². The zero-order chi connectivity index (χ0) is 49.2. The lowest BCUT2D eigenvalue weighted by molar-refractivity contribution is 1.16. The van der Waals surface area contributed by atoms with Gasteiger partial charge < -0.3 is 13.7 Å². The average Bonchev–Trinajstić information content (AvgIpc) is 4.07. The molecule has 300 valence electrons. The molecule has 0 fully saturated rings. The molecule has 0 saturated carbocycles. The van der Waals surface area contributed by atoms with Crippen LogP contribution >= 0.6 is 0 Å². The number of hydrogen-bond donors (Lipinski definition) is 0. The Hall–Kier alpha value is -8.18. The molecule has 0 aliphatic rings. The number of hydrogen-bond acceptors (Lipinski definition) is 0. The molecule has 10 aromatic carbocycles. The van der Waals surface area contributed by atoms with E-state index in [2.05, 4.69) is 77.4 Å². The molecule has 0 aliphatic carbocycles. The molecule has 0 spiro atoms. The standard InChI is InChI=1S/C60H41N3Si/c1-4-20-45(21-5-1)64(46-22-6-2-7-23-46,47-24-8-3-9-25-47)48-26-18-19-42(39-48)61-59-37-35-43(62-55-31-14-10-27-49(55)50-28-11-15-32-56(50)62)40-53(59)54-41-44(36-38-60(54)61)63-57-33-16-12-29-51(57)52-30-13-17-34-58(52)63/h1-41H/i10D,14D,18D,19D,26D,27D,31D,39D. The zero-order valence-electron chi connectivity index (χ0n) is 42.4. The highest BCUT2D eigenvalue weighted by atomic mass is 28.3. The largest absolute Gasteiger partial charge is 0.309 e. The van der Waals surface area contributed by atoms with Gasteiger partial charge in [-0.1, -0.05) is 176 Å². The Morgan fingerprint density at radius 1 is 0.281 bits per heavy atom. The Kier molecular flexibility index (Phi) is 6.59. The Labute approximate surface area is 383 Å². The number of fused-ring (bicyclic) bond motifs is 9. The van der Waals surface area contributed by atoms with Crippen LogP contribution in [0.1, 0.15) is 11.0 Å². The van der Waals surface area contributed by atoms with Crippen molar-refractivity contribution in [1.82, 2.24) is 13.7 Å². The lowest BCUT2D eigenvalue weighted by Crippen LogP contribution is -2.74. The summed E-state index contributed by atoms with van der Waals surface area (Å²) in [4.78, 5) is 0. The summed E-state index contributed by atoms with van der Waals surface area (Å²) in [7, 11) is -3.60. The van der Waals surface area contributed by atoms with Crippen molar-refractivity contribution in [2.24, 2.45) is 0 Å². The van der Waals surface area contributed by atoms with Crippen molar-refractivity contribution in [3.63, 3.8) is 0 Å². The van der Waals surface area contributed by atoms with Gasteiger partial charge in [0.05, 0.1) is 44.1 Å².